The number of aliphatic hydroxyl groups is 1. The number of hydroxylamine groups is 1. The van der Waals surface area contributed by atoms with E-state index in [0.717, 1.165) is 21.6 Å². The fourth-order valence-corrected chi connectivity index (χ4v) is 5.28. The first-order chi connectivity index (χ1) is 19.8. The molecule has 0 bridgehead atoms. The number of carbonyl (C=O) groups is 3. The van der Waals surface area contributed by atoms with Gasteiger partial charge in [-0.3, -0.25) is 14.8 Å². The van der Waals surface area contributed by atoms with Crippen molar-refractivity contribution in [3.8, 4) is 0 Å². The largest absolute Gasteiger partial charge is 0.478 e. The molecule has 2 amide bonds. The van der Waals surface area contributed by atoms with Crippen LogP contribution >= 0.6 is 11.8 Å². The molecule has 1 aliphatic rings. The van der Waals surface area contributed by atoms with Crippen molar-refractivity contribution in [2.24, 2.45) is 0 Å². The number of carbonyl (C=O) groups excluding carboxylic acids is 2. The zero-order valence-corrected chi connectivity index (χ0v) is 23.0. The van der Waals surface area contributed by atoms with Crippen LogP contribution in [0.15, 0.2) is 77.7 Å². The molecule has 3 aromatic carbocycles. The number of benzene rings is 3. The summed E-state index contributed by atoms with van der Waals surface area (Å²) in [6.07, 6.45) is -0.149. The van der Waals surface area contributed by atoms with Gasteiger partial charge in [-0.05, 0) is 53.9 Å². The van der Waals surface area contributed by atoms with Crippen LogP contribution in [0.5, 0.6) is 0 Å². The minimum Gasteiger partial charge on any atom is -0.478 e. The molecule has 1 fully saturated rings. The quantitative estimate of drug-likeness (QED) is 0.115. The number of ether oxygens (including phenoxy) is 2. The first kappa shape index (κ1) is 30.2. The van der Waals surface area contributed by atoms with Crippen LogP contribution in [0.25, 0.3) is 0 Å². The molecule has 3 atom stereocenters. The molecule has 216 valence electrons. The van der Waals surface area contributed by atoms with Gasteiger partial charge >= 0.3 is 5.97 Å². The standard InChI is InChI=1S/C30H32N2O8S/c33-17-19-7-9-20(10-8-19)26-16-24(18-41-25-13-11-21(12-14-25)29(36)37)39-30(40-26)22-3-1-4-23(15-22)31-27(34)5-2-6-28(35)32-38/h1,3-4,7-15,24,26,30,33,38H,2,5-6,16-18H2,(H,31,34)(H,32,35)(H,36,37). The Balaban J connectivity index is 1.46. The van der Waals surface area contributed by atoms with Gasteiger partial charge in [0.05, 0.1) is 24.4 Å². The number of carboxylic acid groups (broad SMARTS) is 1. The van der Waals surface area contributed by atoms with Gasteiger partial charge in [0.2, 0.25) is 11.8 Å². The maximum absolute atomic E-state index is 12.4. The van der Waals surface area contributed by atoms with Gasteiger partial charge in [0.15, 0.2) is 6.29 Å². The molecule has 0 radical (unpaired) electrons. The Morgan fingerprint density at radius 2 is 1.63 bits per heavy atom. The van der Waals surface area contributed by atoms with Crippen LogP contribution in [0.3, 0.4) is 0 Å². The van der Waals surface area contributed by atoms with Crippen LogP contribution < -0.4 is 10.8 Å². The molecule has 1 aliphatic heterocycles. The summed E-state index contributed by atoms with van der Waals surface area (Å²) in [6.45, 7) is -0.0510. The fraction of sp³-hybridized carbons (Fsp3) is 0.300. The van der Waals surface area contributed by atoms with E-state index in [1.807, 2.05) is 30.3 Å². The molecule has 41 heavy (non-hydrogen) atoms. The predicted octanol–water partition coefficient (Wildman–Crippen LogP) is 4.83. The molecule has 1 heterocycles. The van der Waals surface area contributed by atoms with Gasteiger partial charge in [0.25, 0.3) is 0 Å². The number of hydrogen-bond acceptors (Lipinski definition) is 8. The summed E-state index contributed by atoms with van der Waals surface area (Å²) < 4.78 is 12.7. The van der Waals surface area contributed by atoms with Crippen molar-refractivity contribution in [1.29, 1.82) is 0 Å². The van der Waals surface area contributed by atoms with Gasteiger partial charge in [-0.2, -0.15) is 0 Å². The lowest BCUT2D eigenvalue weighted by atomic mass is 10.0. The SMILES string of the molecule is O=C(CCCC(=O)Nc1cccc(C2OC(CSc3ccc(C(=O)O)cc3)CC(c3ccc(CO)cc3)O2)c1)NO. The Labute approximate surface area is 241 Å². The van der Waals surface area contributed by atoms with Crippen molar-refractivity contribution >= 4 is 35.2 Å². The molecule has 3 aromatic rings. The molecule has 0 spiro atoms. The summed E-state index contributed by atoms with van der Waals surface area (Å²) >= 11 is 1.56. The molecule has 4 rings (SSSR count). The van der Waals surface area contributed by atoms with E-state index < -0.39 is 18.2 Å². The number of hydrogen-bond donors (Lipinski definition) is 5. The molecule has 3 unspecified atom stereocenters. The third-order valence-corrected chi connectivity index (χ3v) is 7.67. The number of carboxylic acids is 1. The fourth-order valence-electron chi connectivity index (χ4n) is 4.36. The minimum absolute atomic E-state index is 0.0392. The third-order valence-electron chi connectivity index (χ3n) is 6.53. The third kappa shape index (κ3) is 8.87. The van der Waals surface area contributed by atoms with Crippen LogP contribution in [0.2, 0.25) is 0 Å². The molecule has 1 saturated heterocycles. The van der Waals surface area contributed by atoms with E-state index in [2.05, 4.69) is 5.32 Å². The first-order valence-electron chi connectivity index (χ1n) is 13.1. The highest BCUT2D eigenvalue weighted by Gasteiger charge is 2.32. The zero-order valence-electron chi connectivity index (χ0n) is 22.2. The number of amides is 2. The Hall–Kier alpha value is -3.74. The van der Waals surface area contributed by atoms with E-state index >= 15 is 0 Å². The number of nitrogens with one attached hydrogen (secondary N) is 2. The molecular formula is C30H32N2O8S. The van der Waals surface area contributed by atoms with Crippen LogP contribution in [-0.2, 0) is 25.7 Å². The summed E-state index contributed by atoms with van der Waals surface area (Å²) in [4.78, 5) is 35.6. The smallest absolute Gasteiger partial charge is 0.335 e. The van der Waals surface area contributed by atoms with Gasteiger partial charge in [0.1, 0.15) is 0 Å². The maximum Gasteiger partial charge on any atom is 0.335 e. The lowest BCUT2D eigenvalue weighted by Crippen LogP contribution is -2.31. The van der Waals surface area contributed by atoms with Gasteiger partial charge in [0, 0.05) is 41.2 Å². The van der Waals surface area contributed by atoms with Gasteiger partial charge in [-0.25, -0.2) is 10.3 Å². The van der Waals surface area contributed by atoms with Crippen LogP contribution in [0, 0.1) is 0 Å². The van der Waals surface area contributed by atoms with Crippen molar-refractivity contribution in [1.82, 2.24) is 5.48 Å². The molecule has 5 N–H and O–H groups in total. The number of aliphatic hydroxyl groups excluding tert-OH is 1. The van der Waals surface area contributed by atoms with Crippen molar-refractivity contribution in [3.05, 3.63) is 95.1 Å². The first-order valence-corrected chi connectivity index (χ1v) is 14.1. The highest BCUT2D eigenvalue weighted by molar-refractivity contribution is 7.99. The van der Waals surface area contributed by atoms with E-state index in [0.29, 0.717) is 24.3 Å². The van der Waals surface area contributed by atoms with Gasteiger partial charge in [-0.15, -0.1) is 11.8 Å². The molecule has 0 aromatic heterocycles. The van der Waals surface area contributed by atoms with Crippen molar-refractivity contribution < 1.29 is 39.3 Å². The van der Waals surface area contributed by atoms with Crippen molar-refractivity contribution in [3.63, 3.8) is 0 Å². The number of anilines is 1. The average Bonchev–Trinajstić information content (AvgIpc) is 3.00. The predicted molar refractivity (Wildman–Crippen MR) is 151 cm³/mol. The maximum atomic E-state index is 12.4. The highest BCUT2D eigenvalue weighted by atomic mass is 32.2. The van der Waals surface area contributed by atoms with E-state index in [4.69, 9.17) is 19.8 Å². The average molecular weight is 581 g/mol. The second-order valence-corrected chi connectivity index (χ2v) is 10.6. The second kappa shape index (κ2) is 14.8. The summed E-state index contributed by atoms with van der Waals surface area (Å²) in [6, 6.07) is 21.5. The number of rotatable bonds is 12. The van der Waals surface area contributed by atoms with Gasteiger partial charge < -0.3 is 25.0 Å². The number of thioether (sulfide) groups is 1. The normalized spacial score (nSPS) is 18.4. The monoisotopic (exact) mass is 580 g/mol. The van der Waals surface area contributed by atoms with Crippen LogP contribution in [0.4, 0.5) is 5.69 Å². The Kier molecular flexibility index (Phi) is 10.9. The Morgan fingerprint density at radius 3 is 2.32 bits per heavy atom. The van der Waals surface area contributed by atoms with Crippen LogP contribution in [-0.4, -0.2) is 45.1 Å². The lowest BCUT2D eigenvalue weighted by molar-refractivity contribution is -0.245. The van der Waals surface area contributed by atoms with E-state index in [1.54, 1.807) is 59.7 Å². The summed E-state index contributed by atoms with van der Waals surface area (Å²) in [7, 11) is 0. The summed E-state index contributed by atoms with van der Waals surface area (Å²) in [5.74, 6) is -1.17. The van der Waals surface area contributed by atoms with Crippen molar-refractivity contribution in [2.45, 2.75) is 55.7 Å². The summed E-state index contributed by atoms with van der Waals surface area (Å²) in [5, 5.41) is 30.0. The van der Waals surface area contributed by atoms with Crippen LogP contribution in [0.1, 0.15) is 65.1 Å². The molecule has 11 heteroatoms. The van der Waals surface area contributed by atoms with Crippen molar-refractivity contribution in [2.75, 3.05) is 11.1 Å². The molecule has 10 nitrogen and oxygen atoms in total. The molecule has 0 aliphatic carbocycles. The van der Waals surface area contributed by atoms with E-state index in [9.17, 15) is 19.5 Å². The zero-order chi connectivity index (χ0) is 29.2. The highest BCUT2D eigenvalue weighted by Crippen LogP contribution is 2.40. The minimum atomic E-state index is -0.972. The Bertz CT molecular complexity index is 1330. The van der Waals surface area contributed by atoms with Gasteiger partial charge in [-0.1, -0.05) is 36.4 Å². The molecule has 0 saturated carbocycles. The number of aromatic carboxylic acids is 1. The topological polar surface area (TPSA) is 154 Å². The Morgan fingerprint density at radius 1 is 0.902 bits per heavy atom. The summed E-state index contributed by atoms with van der Waals surface area (Å²) in [5.41, 5.74) is 4.81. The second-order valence-electron chi connectivity index (χ2n) is 9.55. The van der Waals surface area contributed by atoms with E-state index in [-0.39, 0.29) is 43.1 Å². The molecular weight excluding hydrogens is 548 g/mol. The lowest BCUT2D eigenvalue weighted by Gasteiger charge is -2.36. The van der Waals surface area contributed by atoms with E-state index in [1.165, 1.54) is 0 Å².